The number of hydrogen-bond donors (Lipinski definition) is 4. The molecular formula is C28H31F3N4O5S. The molecule has 0 radical (unpaired) electrons. The van der Waals surface area contributed by atoms with Gasteiger partial charge in [0.15, 0.2) is 0 Å². The lowest BCUT2D eigenvalue weighted by atomic mass is 10.1. The van der Waals surface area contributed by atoms with Crippen molar-refractivity contribution in [1.82, 2.24) is 10.6 Å². The number of piperazine rings is 1. The van der Waals surface area contributed by atoms with Gasteiger partial charge in [0.1, 0.15) is 0 Å². The molecule has 41 heavy (non-hydrogen) atoms. The number of sulfonamides is 1. The van der Waals surface area contributed by atoms with Gasteiger partial charge < -0.3 is 20.6 Å². The Morgan fingerprint density at radius 3 is 2.22 bits per heavy atom. The molecule has 0 aromatic heterocycles. The van der Waals surface area contributed by atoms with Gasteiger partial charge in [0.05, 0.1) is 16.3 Å². The molecule has 9 nitrogen and oxygen atoms in total. The number of aliphatic carboxylic acids is 1. The van der Waals surface area contributed by atoms with Crippen molar-refractivity contribution < 1.29 is 36.3 Å². The molecule has 0 unspecified atom stereocenters. The Labute approximate surface area is 236 Å². The summed E-state index contributed by atoms with van der Waals surface area (Å²) in [4.78, 5) is 24.1. The number of benzene rings is 3. The number of carboxylic acid groups (broad SMARTS) is 1. The highest BCUT2D eigenvalue weighted by atomic mass is 32.2. The van der Waals surface area contributed by atoms with Crippen LogP contribution in [0.25, 0.3) is 0 Å². The number of anilines is 2. The first-order chi connectivity index (χ1) is 19.3. The number of amides is 1. The van der Waals surface area contributed by atoms with Gasteiger partial charge in [-0.1, -0.05) is 42.5 Å². The summed E-state index contributed by atoms with van der Waals surface area (Å²) in [6.07, 6.45) is -5.08. The molecule has 1 aliphatic heterocycles. The highest BCUT2D eigenvalue weighted by Crippen LogP contribution is 2.31. The maximum Gasteiger partial charge on any atom is 0.490 e. The summed E-state index contributed by atoms with van der Waals surface area (Å²) in [5, 5.41) is 13.3. The molecular weight excluding hydrogens is 561 g/mol. The van der Waals surface area contributed by atoms with Gasteiger partial charge in [-0.05, 0) is 54.8 Å². The van der Waals surface area contributed by atoms with E-state index in [1.54, 1.807) is 31.2 Å². The lowest BCUT2D eigenvalue weighted by Crippen LogP contribution is -2.43. The van der Waals surface area contributed by atoms with Crippen molar-refractivity contribution in [3.8, 4) is 0 Å². The standard InChI is InChI=1S/C26H30N4O3S.C2HF3O2/c1-19-8-9-20(2)25(16-19)34(32,33)29-23-17-22(10-11-24(23)30-14-12-27-13-15-30)26(31)28-18-21-6-4-3-5-7-21;3-2(4,5)1(6)7/h3-11,16-17,27,29H,12-15,18H2,1-2H3,(H,28,31);(H,6,7). The number of carbonyl (C=O) groups is 2. The van der Waals surface area contributed by atoms with Gasteiger partial charge in [-0.15, -0.1) is 0 Å². The monoisotopic (exact) mass is 592 g/mol. The zero-order valence-electron chi connectivity index (χ0n) is 22.5. The molecule has 0 atom stereocenters. The van der Waals surface area contributed by atoms with Gasteiger partial charge in [0.2, 0.25) is 0 Å². The van der Waals surface area contributed by atoms with Crippen LogP contribution in [0.3, 0.4) is 0 Å². The molecule has 3 aromatic carbocycles. The van der Waals surface area contributed by atoms with Crippen LogP contribution in [0.4, 0.5) is 24.5 Å². The van der Waals surface area contributed by atoms with E-state index >= 15 is 0 Å². The molecule has 4 rings (SSSR count). The van der Waals surface area contributed by atoms with Crippen molar-refractivity contribution in [2.45, 2.75) is 31.5 Å². The Balaban J connectivity index is 0.000000587. The molecule has 0 saturated carbocycles. The molecule has 0 aliphatic carbocycles. The summed E-state index contributed by atoms with van der Waals surface area (Å²) < 4.78 is 61.2. The predicted molar refractivity (Wildman–Crippen MR) is 150 cm³/mol. The minimum atomic E-state index is -5.08. The zero-order chi connectivity index (χ0) is 30.2. The molecule has 0 bridgehead atoms. The molecule has 1 fully saturated rings. The Morgan fingerprint density at radius 2 is 1.61 bits per heavy atom. The third-order valence-corrected chi connectivity index (χ3v) is 7.64. The van der Waals surface area contributed by atoms with Gasteiger partial charge in [-0.25, -0.2) is 13.2 Å². The number of halogens is 3. The first-order valence-corrected chi connectivity index (χ1v) is 14.1. The van der Waals surface area contributed by atoms with Crippen LogP contribution < -0.4 is 20.3 Å². The number of hydrogen-bond acceptors (Lipinski definition) is 6. The molecule has 1 amide bonds. The van der Waals surface area contributed by atoms with Crippen molar-refractivity contribution in [2.75, 3.05) is 35.8 Å². The van der Waals surface area contributed by atoms with Crippen LogP contribution in [0, 0.1) is 13.8 Å². The topological polar surface area (TPSA) is 128 Å². The molecule has 1 heterocycles. The number of carbonyl (C=O) groups excluding carboxylic acids is 1. The average molecular weight is 593 g/mol. The fraction of sp³-hybridized carbons (Fsp3) is 0.286. The minimum absolute atomic E-state index is 0.234. The highest BCUT2D eigenvalue weighted by Gasteiger charge is 2.38. The quantitative estimate of drug-likeness (QED) is 0.326. The van der Waals surface area contributed by atoms with E-state index in [2.05, 4.69) is 20.3 Å². The Hall–Kier alpha value is -4.10. The van der Waals surface area contributed by atoms with Crippen LogP contribution in [0.1, 0.15) is 27.0 Å². The lowest BCUT2D eigenvalue weighted by Gasteiger charge is -2.31. The number of rotatable bonds is 7. The molecule has 0 spiro atoms. The van der Waals surface area contributed by atoms with E-state index in [4.69, 9.17) is 9.90 Å². The normalized spacial score (nSPS) is 13.5. The lowest BCUT2D eigenvalue weighted by molar-refractivity contribution is -0.192. The predicted octanol–water partition coefficient (Wildman–Crippen LogP) is 4.08. The van der Waals surface area contributed by atoms with E-state index in [0.29, 0.717) is 23.4 Å². The second-order valence-electron chi connectivity index (χ2n) is 9.31. The van der Waals surface area contributed by atoms with Gasteiger partial charge in [-0.2, -0.15) is 13.2 Å². The van der Waals surface area contributed by atoms with Crippen molar-refractivity contribution in [1.29, 1.82) is 0 Å². The Bertz CT molecular complexity index is 1480. The van der Waals surface area contributed by atoms with Crippen molar-refractivity contribution >= 4 is 33.3 Å². The van der Waals surface area contributed by atoms with Crippen LogP contribution in [-0.2, 0) is 21.4 Å². The molecule has 220 valence electrons. The minimum Gasteiger partial charge on any atom is -0.475 e. The summed E-state index contributed by atoms with van der Waals surface area (Å²) >= 11 is 0. The molecule has 13 heteroatoms. The smallest absolute Gasteiger partial charge is 0.475 e. The van der Waals surface area contributed by atoms with Crippen LogP contribution in [-0.4, -0.2) is 57.8 Å². The van der Waals surface area contributed by atoms with Crippen molar-refractivity contribution in [3.05, 3.63) is 89.0 Å². The van der Waals surface area contributed by atoms with Gasteiger partial charge in [0, 0.05) is 38.3 Å². The Kier molecular flexibility index (Phi) is 10.4. The summed E-state index contributed by atoms with van der Waals surface area (Å²) in [6, 6.07) is 20.2. The highest BCUT2D eigenvalue weighted by molar-refractivity contribution is 7.92. The van der Waals surface area contributed by atoms with Crippen LogP contribution in [0.2, 0.25) is 0 Å². The number of alkyl halides is 3. The third kappa shape index (κ3) is 8.95. The van der Waals surface area contributed by atoms with Crippen molar-refractivity contribution in [2.24, 2.45) is 0 Å². The summed E-state index contributed by atoms with van der Waals surface area (Å²) in [7, 11) is -3.85. The largest absolute Gasteiger partial charge is 0.490 e. The summed E-state index contributed by atoms with van der Waals surface area (Å²) in [6.45, 7) is 7.14. The summed E-state index contributed by atoms with van der Waals surface area (Å²) in [5.41, 5.74) is 4.07. The maximum atomic E-state index is 13.4. The molecule has 1 aliphatic rings. The van der Waals surface area contributed by atoms with Gasteiger partial charge >= 0.3 is 12.1 Å². The van der Waals surface area contributed by atoms with E-state index in [9.17, 15) is 26.4 Å². The zero-order valence-corrected chi connectivity index (χ0v) is 23.3. The second-order valence-corrected chi connectivity index (χ2v) is 11.0. The van der Waals surface area contributed by atoms with E-state index in [1.165, 1.54) is 0 Å². The number of carboxylic acids is 1. The SMILES string of the molecule is Cc1ccc(C)c(S(=O)(=O)Nc2cc(C(=O)NCc3ccccc3)ccc2N2CCNCC2)c1.O=C(O)C(F)(F)F. The van der Waals surface area contributed by atoms with E-state index < -0.39 is 22.2 Å². The van der Waals surface area contributed by atoms with Gasteiger partial charge in [0.25, 0.3) is 15.9 Å². The first kappa shape index (κ1) is 31.4. The molecule has 1 saturated heterocycles. The Morgan fingerprint density at radius 1 is 0.976 bits per heavy atom. The summed E-state index contributed by atoms with van der Waals surface area (Å²) in [5.74, 6) is -3.02. The number of nitrogens with one attached hydrogen (secondary N) is 3. The van der Waals surface area contributed by atoms with Crippen LogP contribution in [0.15, 0.2) is 71.6 Å². The fourth-order valence-corrected chi connectivity index (χ4v) is 5.41. The maximum absolute atomic E-state index is 13.4. The van der Waals surface area contributed by atoms with E-state index in [0.717, 1.165) is 43.0 Å². The van der Waals surface area contributed by atoms with Crippen LogP contribution in [0.5, 0.6) is 0 Å². The number of nitrogens with zero attached hydrogens (tertiary/aromatic N) is 1. The van der Waals surface area contributed by atoms with Crippen LogP contribution >= 0.6 is 0 Å². The molecule has 3 aromatic rings. The molecule has 4 N–H and O–H groups in total. The third-order valence-electron chi connectivity index (χ3n) is 6.13. The van der Waals surface area contributed by atoms with Gasteiger partial charge in [-0.3, -0.25) is 9.52 Å². The second kappa shape index (κ2) is 13.5. The average Bonchev–Trinajstić information content (AvgIpc) is 2.93. The van der Waals surface area contributed by atoms with Crippen molar-refractivity contribution in [3.63, 3.8) is 0 Å². The number of aryl methyl sites for hydroxylation is 2. The van der Waals surface area contributed by atoms with E-state index in [1.807, 2.05) is 49.4 Å². The van der Waals surface area contributed by atoms with E-state index in [-0.39, 0.29) is 10.8 Å². The fourth-order valence-electron chi connectivity index (χ4n) is 4.02. The first-order valence-electron chi connectivity index (χ1n) is 12.6.